The number of hydrogen-bond donors (Lipinski definition) is 1. The van der Waals surface area contributed by atoms with Crippen LogP contribution in [0.5, 0.6) is 5.75 Å². The maximum absolute atomic E-state index is 6.02. The Kier molecular flexibility index (Phi) is 8.79. The van der Waals surface area contributed by atoms with Crippen LogP contribution in [0.15, 0.2) is 18.2 Å². The molecule has 0 radical (unpaired) electrons. The van der Waals surface area contributed by atoms with Gasteiger partial charge in [-0.05, 0) is 44.1 Å². The van der Waals surface area contributed by atoms with Crippen LogP contribution in [0.3, 0.4) is 0 Å². The Bertz CT molecular complexity index is 382. The van der Waals surface area contributed by atoms with Gasteiger partial charge in [0.25, 0.3) is 0 Å². The Hall–Kier alpha value is -0.190. The van der Waals surface area contributed by atoms with Crippen molar-refractivity contribution in [2.75, 3.05) is 20.2 Å². The van der Waals surface area contributed by atoms with E-state index in [0.717, 1.165) is 48.8 Å². The van der Waals surface area contributed by atoms with Gasteiger partial charge in [0.05, 0.1) is 7.11 Å². The molecule has 2 N–H and O–H groups in total. The molecule has 1 saturated heterocycles. The zero-order valence-corrected chi connectivity index (χ0v) is 13.4. The van der Waals surface area contributed by atoms with Crippen LogP contribution in [0.1, 0.15) is 18.4 Å². The molecule has 0 amide bonds. The Labute approximate surface area is 132 Å². The van der Waals surface area contributed by atoms with Gasteiger partial charge in [-0.25, -0.2) is 0 Å². The van der Waals surface area contributed by atoms with Crippen molar-refractivity contribution in [2.45, 2.75) is 25.4 Å². The molecule has 19 heavy (non-hydrogen) atoms. The molecule has 1 aliphatic rings. The Balaban J connectivity index is 0.00000162. The molecule has 3 nitrogen and oxygen atoms in total. The second-order valence-electron chi connectivity index (χ2n) is 4.57. The lowest BCUT2D eigenvalue weighted by molar-refractivity contribution is 0.203. The first-order chi connectivity index (χ1) is 8.19. The highest BCUT2D eigenvalue weighted by Gasteiger charge is 2.17. The molecule has 1 aromatic rings. The van der Waals surface area contributed by atoms with E-state index < -0.39 is 0 Å². The number of halogens is 3. The lowest BCUT2D eigenvalue weighted by Crippen LogP contribution is -2.39. The maximum atomic E-state index is 6.02. The topological polar surface area (TPSA) is 38.5 Å². The summed E-state index contributed by atoms with van der Waals surface area (Å²) in [6, 6.07) is 6.13. The minimum Gasteiger partial charge on any atom is -0.496 e. The summed E-state index contributed by atoms with van der Waals surface area (Å²) in [7, 11) is 1.69. The first kappa shape index (κ1) is 18.8. The number of likely N-dealkylation sites (tertiary alicyclic amines) is 1. The quantitative estimate of drug-likeness (QED) is 0.927. The summed E-state index contributed by atoms with van der Waals surface area (Å²) >= 11 is 6.02. The lowest BCUT2D eigenvalue weighted by atomic mass is 10.1. The number of methoxy groups -OCH3 is 1. The fourth-order valence-electron chi connectivity index (χ4n) is 2.22. The van der Waals surface area contributed by atoms with Gasteiger partial charge in [-0.2, -0.15) is 0 Å². The molecule has 0 bridgehead atoms. The highest BCUT2D eigenvalue weighted by molar-refractivity contribution is 6.30. The van der Waals surface area contributed by atoms with Crippen LogP contribution in [0, 0.1) is 0 Å². The standard InChI is InChI=1S/C13H19ClN2O.2ClH/c1-17-13-3-2-11(14)8-10(13)9-16-6-4-12(15)5-7-16;;/h2-3,8,12H,4-7,9,15H2,1H3;2*1H. The van der Waals surface area contributed by atoms with Gasteiger partial charge in [-0.1, -0.05) is 11.6 Å². The van der Waals surface area contributed by atoms with E-state index in [-0.39, 0.29) is 24.8 Å². The second-order valence-corrected chi connectivity index (χ2v) is 5.01. The minimum atomic E-state index is 0. The number of hydrogen-bond acceptors (Lipinski definition) is 3. The summed E-state index contributed by atoms with van der Waals surface area (Å²) in [5, 5.41) is 0.759. The van der Waals surface area contributed by atoms with Gasteiger partial charge < -0.3 is 10.5 Å². The predicted molar refractivity (Wildman–Crippen MR) is 85.0 cm³/mol. The van der Waals surface area contributed by atoms with E-state index in [2.05, 4.69) is 4.90 Å². The SMILES string of the molecule is COc1ccc(Cl)cc1CN1CCC(N)CC1.Cl.Cl. The number of nitrogens with zero attached hydrogens (tertiary/aromatic N) is 1. The Morgan fingerprint density at radius 3 is 2.53 bits per heavy atom. The third-order valence-corrected chi connectivity index (χ3v) is 3.50. The zero-order chi connectivity index (χ0) is 12.3. The highest BCUT2D eigenvalue weighted by atomic mass is 35.5. The van der Waals surface area contributed by atoms with Crippen LogP contribution in [0.4, 0.5) is 0 Å². The molecule has 6 heteroatoms. The van der Waals surface area contributed by atoms with Gasteiger partial charge >= 0.3 is 0 Å². The number of ether oxygens (including phenoxy) is 1. The van der Waals surface area contributed by atoms with Crippen LogP contribution in [-0.4, -0.2) is 31.1 Å². The molecule has 1 heterocycles. The van der Waals surface area contributed by atoms with Crippen LogP contribution in [0.25, 0.3) is 0 Å². The third-order valence-electron chi connectivity index (χ3n) is 3.27. The monoisotopic (exact) mass is 326 g/mol. The fraction of sp³-hybridized carbons (Fsp3) is 0.538. The number of nitrogens with two attached hydrogens (primary N) is 1. The molecule has 0 atom stereocenters. The molecule has 2 rings (SSSR count). The Morgan fingerprint density at radius 2 is 1.95 bits per heavy atom. The summed E-state index contributed by atoms with van der Waals surface area (Å²) in [6.45, 7) is 2.99. The van der Waals surface area contributed by atoms with Gasteiger partial charge in [-0.15, -0.1) is 24.8 Å². The van der Waals surface area contributed by atoms with Gasteiger partial charge in [0, 0.05) is 23.2 Å². The van der Waals surface area contributed by atoms with Crippen molar-refractivity contribution in [1.29, 1.82) is 0 Å². The van der Waals surface area contributed by atoms with Crippen LogP contribution < -0.4 is 10.5 Å². The van der Waals surface area contributed by atoms with Gasteiger partial charge in [0.1, 0.15) is 5.75 Å². The van der Waals surface area contributed by atoms with Crippen LogP contribution in [0.2, 0.25) is 5.02 Å². The molecular weight excluding hydrogens is 307 g/mol. The van der Waals surface area contributed by atoms with E-state index in [1.165, 1.54) is 0 Å². The van der Waals surface area contributed by atoms with E-state index in [0.29, 0.717) is 6.04 Å². The van der Waals surface area contributed by atoms with Crippen molar-refractivity contribution in [3.05, 3.63) is 28.8 Å². The fourth-order valence-corrected chi connectivity index (χ4v) is 2.42. The average Bonchev–Trinajstić information content (AvgIpc) is 2.32. The zero-order valence-electron chi connectivity index (χ0n) is 11.0. The first-order valence-corrected chi connectivity index (χ1v) is 6.37. The Morgan fingerprint density at radius 1 is 1.32 bits per heavy atom. The summed E-state index contributed by atoms with van der Waals surface area (Å²) in [5.41, 5.74) is 7.05. The van der Waals surface area contributed by atoms with Gasteiger partial charge in [0.15, 0.2) is 0 Å². The second kappa shape index (κ2) is 8.88. The molecule has 0 saturated carbocycles. The summed E-state index contributed by atoms with van der Waals surface area (Å²) < 4.78 is 5.35. The molecule has 0 spiro atoms. The van der Waals surface area contributed by atoms with E-state index in [4.69, 9.17) is 22.1 Å². The molecule has 0 aliphatic carbocycles. The normalized spacial score (nSPS) is 16.4. The van der Waals surface area contributed by atoms with Crippen molar-refractivity contribution < 1.29 is 4.74 Å². The van der Waals surface area contributed by atoms with Crippen molar-refractivity contribution >= 4 is 36.4 Å². The third kappa shape index (κ3) is 5.36. The molecule has 1 aliphatic heterocycles. The lowest BCUT2D eigenvalue weighted by Gasteiger charge is -2.30. The van der Waals surface area contributed by atoms with E-state index in [9.17, 15) is 0 Å². The number of rotatable bonds is 3. The maximum Gasteiger partial charge on any atom is 0.123 e. The van der Waals surface area contributed by atoms with Crippen molar-refractivity contribution in [3.63, 3.8) is 0 Å². The molecule has 110 valence electrons. The van der Waals surface area contributed by atoms with Gasteiger partial charge in [-0.3, -0.25) is 4.90 Å². The van der Waals surface area contributed by atoms with E-state index in [1.807, 2.05) is 18.2 Å². The van der Waals surface area contributed by atoms with Crippen LogP contribution in [-0.2, 0) is 6.54 Å². The predicted octanol–water partition coefficient (Wildman–Crippen LogP) is 3.12. The van der Waals surface area contributed by atoms with E-state index in [1.54, 1.807) is 7.11 Å². The summed E-state index contributed by atoms with van der Waals surface area (Å²) in [4.78, 5) is 2.40. The van der Waals surface area contributed by atoms with E-state index >= 15 is 0 Å². The van der Waals surface area contributed by atoms with Crippen LogP contribution >= 0.6 is 36.4 Å². The molecule has 1 aromatic carbocycles. The molecule has 0 aromatic heterocycles. The first-order valence-electron chi connectivity index (χ1n) is 5.99. The highest BCUT2D eigenvalue weighted by Crippen LogP contribution is 2.25. The average molecular weight is 328 g/mol. The molecule has 0 unspecified atom stereocenters. The van der Waals surface area contributed by atoms with Gasteiger partial charge in [0.2, 0.25) is 0 Å². The largest absolute Gasteiger partial charge is 0.496 e. The van der Waals surface area contributed by atoms with Crippen molar-refractivity contribution in [3.8, 4) is 5.75 Å². The number of piperidine rings is 1. The molecule has 1 fully saturated rings. The van der Waals surface area contributed by atoms with Crippen molar-refractivity contribution in [1.82, 2.24) is 4.90 Å². The summed E-state index contributed by atoms with van der Waals surface area (Å²) in [5.74, 6) is 0.907. The van der Waals surface area contributed by atoms with Crippen molar-refractivity contribution in [2.24, 2.45) is 5.73 Å². The molecular formula is C13H21Cl3N2O. The smallest absolute Gasteiger partial charge is 0.123 e. The number of benzene rings is 1. The summed E-state index contributed by atoms with van der Waals surface area (Å²) in [6.07, 6.45) is 2.14. The minimum absolute atomic E-state index is 0.